The van der Waals surface area contributed by atoms with Crippen molar-refractivity contribution in [1.29, 1.82) is 0 Å². The predicted molar refractivity (Wildman–Crippen MR) is 97.9 cm³/mol. The Morgan fingerprint density at radius 1 is 1.25 bits per heavy atom. The first-order chi connectivity index (χ1) is 13.0. The lowest BCUT2D eigenvalue weighted by molar-refractivity contribution is -0.191. The molecule has 0 spiro atoms. The summed E-state index contributed by atoms with van der Waals surface area (Å²) in [5.41, 5.74) is -5.54. The Kier molecular flexibility index (Phi) is 4.12. The van der Waals surface area contributed by atoms with E-state index < -0.39 is 46.3 Å². The Labute approximate surface area is 163 Å². The third-order valence-electron chi connectivity index (χ3n) is 8.86. The minimum absolute atomic E-state index is 0.0294. The van der Waals surface area contributed by atoms with Gasteiger partial charge in [0, 0.05) is 29.6 Å². The summed E-state index contributed by atoms with van der Waals surface area (Å²) in [7, 11) is 0. The van der Waals surface area contributed by atoms with Gasteiger partial charge in [-0.3, -0.25) is 14.4 Å². The number of Topliss-reactive ketones (excluding diaryl/α,β-unsaturated/α-hetero) is 2. The highest BCUT2D eigenvalue weighted by atomic mass is 19.1. The van der Waals surface area contributed by atoms with Crippen molar-refractivity contribution in [1.82, 2.24) is 0 Å². The molecule has 154 valence electrons. The summed E-state index contributed by atoms with van der Waals surface area (Å²) in [6.07, 6.45) is 2.59. The van der Waals surface area contributed by atoms with Crippen molar-refractivity contribution in [3.05, 3.63) is 11.6 Å². The first kappa shape index (κ1) is 19.9. The highest BCUT2D eigenvalue weighted by molar-refractivity contribution is 5.97. The van der Waals surface area contributed by atoms with E-state index in [1.54, 1.807) is 13.8 Å². The lowest BCUT2D eigenvalue weighted by Crippen LogP contribution is -2.69. The Morgan fingerprint density at radius 3 is 2.57 bits per heavy atom. The van der Waals surface area contributed by atoms with Gasteiger partial charge in [-0.1, -0.05) is 26.3 Å². The molecule has 0 bridgehead atoms. The average Bonchev–Trinajstić information content (AvgIpc) is 2.91. The molecule has 6 heteroatoms. The molecular formula is C22H28F2O4. The van der Waals surface area contributed by atoms with Crippen molar-refractivity contribution in [2.24, 2.45) is 28.6 Å². The Morgan fingerprint density at radius 2 is 1.93 bits per heavy atom. The molecule has 3 fully saturated rings. The van der Waals surface area contributed by atoms with E-state index in [2.05, 4.69) is 0 Å². The smallest absolute Gasteiger partial charge is 0.195 e. The van der Waals surface area contributed by atoms with Crippen LogP contribution in [0.5, 0.6) is 0 Å². The van der Waals surface area contributed by atoms with Crippen molar-refractivity contribution in [3.63, 3.8) is 0 Å². The summed E-state index contributed by atoms with van der Waals surface area (Å²) >= 11 is 0. The fraction of sp³-hybridized carbons (Fsp3) is 0.773. The number of carbonyl (C=O) groups excluding carboxylic acids is 3. The average molecular weight is 394 g/mol. The van der Waals surface area contributed by atoms with E-state index in [4.69, 9.17) is 0 Å². The van der Waals surface area contributed by atoms with Gasteiger partial charge in [0.15, 0.2) is 29.7 Å². The van der Waals surface area contributed by atoms with Crippen LogP contribution in [0.3, 0.4) is 0 Å². The monoisotopic (exact) mass is 394 g/mol. The van der Waals surface area contributed by atoms with Crippen molar-refractivity contribution in [2.45, 2.75) is 70.6 Å². The zero-order chi connectivity index (χ0) is 20.7. The first-order valence-corrected chi connectivity index (χ1v) is 10.2. The predicted octanol–water partition coefficient (Wildman–Crippen LogP) is 3.31. The highest BCUT2D eigenvalue weighted by Gasteiger charge is 2.75. The van der Waals surface area contributed by atoms with Crippen molar-refractivity contribution >= 4 is 17.3 Å². The normalized spacial score (nSPS) is 50.5. The number of allylic oxidation sites excluding steroid dienone is 1. The molecule has 0 aliphatic heterocycles. The molecule has 4 nitrogen and oxygen atoms in total. The van der Waals surface area contributed by atoms with E-state index in [0.29, 0.717) is 18.4 Å². The minimum atomic E-state index is -2.12. The molecule has 0 amide bonds. The van der Waals surface area contributed by atoms with Crippen LogP contribution >= 0.6 is 0 Å². The first-order valence-electron chi connectivity index (χ1n) is 10.2. The molecule has 4 aliphatic rings. The van der Waals surface area contributed by atoms with Crippen LogP contribution in [0.2, 0.25) is 0 Å². The molecule has 0 heterocycles. The number of hydrogen-bond acceptors (Lipinski definition) is 4. The summed E-state index contributed by atoms with van der Waals surface area (Å²) < 4.78 is 30.0. The van der Waals surface area contributed by atoms with E-state index >= 15 is 4.39 Å². The number of ketones is 3. The second kappa shape index (κ2) is 5.80. The van der Waals surface area contributed by atoms with Gasteiger partial charge in [0.1, 0.15) is 5.60 Å². The van der Waals surface area contributed by atoms with Crippen LogP contribution in [0.15, 0.2) is 11.6 Å². The maximum Gasteiger partial charge on any atom is 0.195 e. The van der Waals surface area contributed by atoms with Crippen LogP contribution in [0, 0.1) is 28.6 Å². The van der Waals surface area contributed by atoms with Gasteiger partial charge in [-0.05, 0) is 43.6 Å². The van der Waals surface area contributed by atoms with Crippen LogP contribution in [-0.4, -0.2) is 40.4 Å². The van der Waals surface area contributed by atoms with Gasteiger partial charge >= 0.3 is 0 Å². The van der Waals surface area contributed by atoms with Crippen molar-refractivity contribution in [2.75, 3.05) is 6.67 Å². The molecule has 0 unspecified atom stereocenters. The zero-order valence-corrected chi connectivity index (χ0v) is 16.7. The summed E-state index contributed by atoms with van der Waals surface area (Å²) in [6.45, 7) is 4.06. The number of rotatable bonds is 2. The van der Waals surface area contributed by atoms with Gasteiger partial charge in [0.05, 0.1) is 0 Å². The minimum Gasteiger partial charge on any atom is -0.381 e. The van der Waals surface area contributed by atoms with Crippen LogP contribution in [-0.2, 0) is 14.4 Å². The molecule has 0 saturated heterocycles. The van der Waals surface area contributed by atoms with Gasteiger partial charge in [-0.25, -0.2) is 8.78 Å². The highest BCUT2D eigenvalue weighted by Crippen LogP contribution is 2.70. The maximum atomic E-state index is 16.8. The summed E-state index contributed by atoms with van der Waals surface area (Å²) in [6, 6.07) is 0. The lowest BCUT2D eigenvalue weighted by Gasteiger charge is -2.61. The lowest BCUT2D eigenvalue weighted by atomic mass is 9.43. The number of halogens is 2. The van der Waals surface area contributed by atoms with E-state index in [1.165, 1.54) is 6.08 Å². The Hall–Kier alpha value is -1.43. The van der Waals surface area contributed by atoms with Crippen LogP contribution < -0.4 is 0 Å². The fourth-order valence-electron chi connectivity index (χ4n) is 7.26. The van der Waals surface area contributed by atoms with Crippen LogP contribution in [0.25, 0.3) is 0 Å². The maximum absolute atomic E-state index is 16.8. The van der Waals surface area contributed by atoms with Crippen LogP contribution in [0.4, 0.5) is 8.78 Å². The second-order valence-corrected chi connectivity index (χ2v) is 9.93. The number of hydrogen-bond donors (Lipinski definition) is 1. The SMILES string of the molecule is C[C@H]1C[C@H]2[C@@H]3CC[C@](O)(C(=O)CF)[C@@]3(C)CC(=O)[C@]2(F)[C@@]2(C)CCC(=O)C=C12. The third-order valence-corrected chi connectivity index (χ3v) is 8.86. The number of aliphatic hydroxyl groups is 1. The van der Waals surface area contributed by atoms with Gasteiger partial charge < -0.3 is 5.11 Å². The van der Waals surface area contributed by atoms with Gasteiger partial charge in [0.25, 0.3) is 0 Å². The van der Waals surface area contributed by atoms with Gasteiger partial charge in [-0.15, -0.1) is 0 Å². The summed E-state index contributed by atoms with van der Waals surface area (Å²) in [5, 5.41) is 11.1. The molecule has 4 rings (SSSR count). The van der Waals surface area contributed by atoms with Gasteiger partial charge in [-0.2, -0.15) is 0 Å². The number of carbonyl (C=O) groups is 3. The van der Waals surface area contributed by atoms with Gasteiger partial charge in [0.2, 0.25) is 0 Å². The fourth-order valence-corrected chi connectivity index (χ4v) is 7.26. The second-order valence-electron chi connectivity index (χ2n) is 9.93. The number of alkyl halides is 2. The largest absolute Gasteiger partial charge is 0.381 e. The molecule has 0 radical (unpaired) electrons. The van der Waals surface area contributed by atoms with Crippen molar-refractivity contribution in [3.8, 4) is 0 Å². The Bertz CT molecular complexity index is 806. The third kappa shape index (κ3) is 2.05. The molecule has 0 aromatic rings. The molecular weight excluding hydrogens is 366 g/mol. The van der Waals surface area contributed by atoms with Crippen molar-refractivity contribution < 1.29 is 28.3 Å². The molecule has 7 atom stereocenters. The molecule has 3 saturated carbocycles. The van der Waals surface area contributed by atoms with E-state index in [9.17, 15) is 23.9 Å². The Balaban J connectivity index is 1.84. The number of fused-ring (bicyclic) bond motifs is 5. The zero-order valence-electron chi connectivity index (χ0n) is 16.7. The quantitative estimate of drug-likeness (QED) is 0.780. The van der Waals surface area contributed by atoms with E-state index in [1.807, 2.05) is 6.92 Å². The van der Waals surface area contributed by atoms with E-state index in [-0.39, 0.29) is 43.3 Å². The molecule has 1 N–H and O–H groups in total. The summed E-state index contributed by atoms with van der Waals surface area (Å²) in [5.74, 6) is -2.64. The molecule has 0 aromatic carbocycles. The van der Waals surface area contributed by atoms with E-state index in [0.717, 1.165) is 0 Å². The van der Waals surface area contributed by atoms with Crippen LogP contribution in [0.1, 0.15) is 59.3 Å². The molecule has 28 heavy (non-hydrogen) atoms. The molecule has 4 aliphatic carbocycles. The topological polar surface area (TPSA) is 71.4 Å². The molecule has 0 aromatic heterocycles. The standard InChI is InChI=1S/C22H28F2O4/c1-12-8-16-14-5-7-21(28,18(27)11-23)20(14,3)10-17(26)22(16,24)19(2)6-4-13(25)9-15(12)19/h9,12,14,16,28H,4-8,10-11H2,1-3H3/t12-,14-,16-,19-,20-,21-,22-/m0/s1. The summed E-state index contributed by atoms with van der Waals surface area (Å²) in [4.78, 5) is 37.6.